The average molecular weight is 246 g/mol. The van der Waals surface area contributed by atoms with Crippen molar-refractivity contribution in [2.45, 2.75) is 6.92 Å². The van der Waals surface area contributed by atoms with Gasteiger partial charge in [-0.3, -0.25) is 4.79 Å². The number of furan rings is 1. The third-order valence-corrected chi connectivity index (χ3v) is 2.72. The van der Waals surface area contributed by atoms with Crippen LogP contribution in [0.5, 0.6) is 11.5 Å². The number of benzene rings is 1. The van der Waals surface area contributed by atoms with Gasteiger partial charge in [0.25, 0.3) is 0 Å². The van der Waals surface area contributed by atoms with Gasteiger partial charge in [-0.15, -0.1) is 0 Å². The van der Waals surface area contributed by atoms with Gasteiger partial charge in [-0.2, -0.15) is 0 Å². The topological polar surface area (TPSA) is 48.7 Å². The quantitative estimate of drug-likeness (QED) is 0.778. The van der Waals surface area contributed by atoms with Gasteiger partial charge in [0.15, 0.2) is 5.76 Å². The van der Waals surface area contributed by atoms with E-state index in [0.29, 0.717) is 22.8 Å². The van der Waals surface area contributed by atoms with Gasteiger partial charge in [0, 0.05) is 6.07 Å². The van der Waals surface area contributed by atoms with E-state index in [1.807, 2.05) is 6.92 Å². The summed E-state index contributed by atoms with van der Waals surface area (Å²) in [6.07, 6.45) is 1.50. The van der Waals surface area contributed by atoms with E-state index in [1.54, 1.807) is 31.4 Å². The molecule has 0 unspecified atom stereocenters. The normalized spacial score (nSPS) is 10.2. The second-order valence-electron chi connectivity index (χ2n) is 3.83. The highest BCUT2D eigenvalue weighted by Gasteiger charge is 2.19. The number of ether oxygens (including phenoxy) is 2. The van der Waals surface area contributed by atoms with Crippen molar-refractivity contribution in [3.8, 4) is 11.5 Å². The van der Waals surface area contributed by atoms with Crippen molar-refractivity contribution in [1.29, 1.82) is 0 Å². The number of carbonyl (C=O) groups excluding carboxylic acids is 1. The molecular weight excluding hydrogens is 232 g/mol. The van der Waals surface area contributed by atoms with Crippen LogP contribution in [0.25, 0.3) is 0 Å². The second-order valence-corrected chi connectivity index (χ2v) is 3.83. The first-order valence-electron chi connectivity index (χ1n) is 5.48. The van der Waals surface area contributed by atoms with Gasteiger partial charge in [-0.1, -0.05) is 0 Å². The minimum atomic E-state index is -0.197. The molecule has 0 atom stereocenters. The molecule has 18 heavy (non-hydrogen) atoms. The van der Waals surface area contributed by atoms with E-state index >= 15 is 0 Å². The first kappa shape index (κ1) is 12.2. The molecule has 0 saturated heterocycles. The fourth-order valence-corrected chi connectivity index (χ4v) is 1.71. The molecule has 0 bridgehead atoms. The molecule has 4 nitrogen and oxygen atoms in total. The molecule has 0 aliphatic heterocycles. The standard InChI is InChI=1S/C14H14O4/c1-9-6-7-18-14(9)13(15)11-5-4-10(16-2)8-12(11)17-3/h4-8H,1-3H3. The molecule has 1 aromatic heterocycles. The van der Waals surface area contributed by atoms with Crippen LogP contribution < -0.4 is 9.47 Å². The van der Waals surface area contributed by atoms with Gasteiger partial charge < -0.3 is 13.9 Å². The Balaban J connectivity index is 2.45. The molecule has 2 aromatic rings. The Hall–Kier alpha value is -2.23. The van der Waals surface area contributed by atoms with Crippen molar-refractivity contribution in [1.82, 2.24) is 0 Å². The summed E-state index contributed by atoms with van der Waals surface area (Å²) in [5.41, 5.74) is 1.26. The lowest BCUT2D eigenvalue weighted by Crippen LogP contribution is -2.04. The molecule has 0 spiro atoms. The van der Waals surface area contributed by atoms with Gasteiger partial charge >= 0.3 is 0 Å². The Morgan fingerprint density at radius 3 is 2.50 bits per heavy atom. The van der Waals surface area contributed by atoms with Crippen LogP contribution in [-0.4, -0.2) is 20.0 Å². The highest BCUT2D eigenvalue weighted by molar-refractivity contribution is 6.09. The van der Waals surface area contributed by atoms with Crippen LogP contribution in [0.4, 0.5) is 0 Å². The third kappa shape index (κ3) is 2.09. The summed E-state index contributed by atoms with van der Waals surface area (Å²) in [6.45, 7) is 1.83. The van der Waals surface area contributed by atoms with Crippen LogP contribution in [-0.2, 0) is 0 Å². The van der Waals surface area contributed by atoms with Gasteiger partial charge in [-0.05, 0) is 30.7 Å². The van der Waals surface area contributed by atoms with Crippen LogP contribution >= 0.6 is 0 Å². The molecule has 0 radical (unpaired) electrons. The smallest absolute Gasteiger partial charge is 0.232 e. The first-order chi connectivity index (χ1) is 8.67. The molecule has 0 aliphatic rings. The molecule has 0 saturated carbocycles. The largest absolute Gasteiger partial charge is 0.497 e. The van der Waals surface area contributed by atoms with Crippen LogP contribution in [0.15, 0.2) is 34.9 Å². The molecule has 0 fully saturated rings. The summed E-state index contributed by atoms with van der Waals surface area (Å²) < 4.78 is 15.5. The summed E-state index contributed by atoms with van der Waals surface area (Å²) >= 11 is 0. The monoisotopic (exact) mass is 246 g/mol. The van der Waals surface area contributed by atoms with Crippen molar-refractivity contribution in [3.05, 3.63) is 47.4 Å². The van der Waals surface area contributed by atoms with Crippen molar-refractivity contribution >= 4 is 5.78 Å². The first-order valence-corrected chi connectivity index (χ1v) is 5.48. The molecule has 0 aliphatic carbocycles. The third-order valence-electron chi connectivity index (χ3n) is 2.72. The molecule has 1 heterocycles. The Kier molecular flexibility index (Phi) is 3.37. The van der Waals surface area contributed by atoms with Gasteiger partial charge in [-0.25, -0.2) is 0 Å². The van der Waals surface area contributed by atoms with E-state index in [-0.39, 0.29) is 5.78 Å². The lowest BCUT2D eigenvalue weighted by Gasteiger charge is -2.08. The van der Waals surface area contributed by atoms with E-state index < -0.39 is 0 Å². The molecule has 0 amide bonds. The van der Waals surface area contributed by atoms with Gasteiger partial charge in [0.2, 0.25) is 5.78 Å². The lowest BCUT2D eigenvalue weighted by molar-refractivity contribution is 0.101. The van der Waals surface area contributed by atoms with E-state index in [0.717, 1.165) is 5.56 Å². The summed E-state index contributed by atoms with van der Waals surface area (Å²) in [5.74, 6) is 1.24. The van der Waals surface area contributed by atoms with Gasteiger partial charge in [0.1, 0.15) is 11.5 Å². The van der Waals surface area contributed by atoms with Crippen LogP contribution in [0.3, 0.4) is 0 Å². The Bertz CT molecular complexity index is 569. The zero-order valence-corrected chi connectivity index (χ0v) is 10.5. The fraction of sp³-hybridized carbons (Fsp3) is 0.214. The SMILES string of the molecule is COc1ccc(C(=O)c2occc2C)c(OC)c1. The van der Waals surface area contributed by atoms with Crippen LogP contribution in [0.1, 0.15) is 21.7 Å². The molecular formula is C14H14O4. The van der Waals surface area contributed by atoms with Crippen molar-refractivity contribution in [3.63, 3.8) is 0 Å². The number of rotatable bonds is 4. The average Bonchev–Trinajstić information content (AvgIpc) is 2.83. The lowest BCUT2D eigenvalue weighted by atomic mass is 10.1. The summed E-state index contributed by atoms with van der Waals surface area (Å²) in [6, 6.07) is 6.81. The molecule has 0 N–H and O–H groups in total. The van der Waals surface area contributed by atoms with Crippen LogP contribution in [0.2, 0.25) is 0 Å². The molecule has 4 heteroatoms. The molecule has 94 valence electrons. The fourth-order valence-electron chi connectivity index (χ4n) is 1.71. The minimum absolute atomic E-state index is 0.197. The number of aryl methyl sites for hydroxylation is 1. The van der Waals surface area contributed by atoms with Crippen LogP contribution in [0, 0.1) is 6.92 Å². The van der Waals surface area contributed by atoms with Gasteiger partial charge in [0.05, 0.1) is 26.0 Å². The van der Waals surface area contributed by atoms with E-state index in [2.05, 4.69) is 0 Å². The number of hydrogen-bond donors (Lipinski definition) is 0. The predicted molar refractivity (Wildman–Crippen MR) is 66.4 cm³/mol. The summed E-state index contributed by atoms with van der Waals surface area (Å²) in [5, 5.41) is 0. The number of methoxy groups -OCH3 is 2. The number of carbonyl (C=O) groups is 1. The molecule has 2 rings (SSSR count). The highest BCUT2D eigenvalue weighted by Crippen LogP contribution is 2.27. The maximum atomic E-state index is 12.3. The predicted octanol–water partition coefficient (Wildman–Crippen LogP) is 2.84. The van der Waals surface area contributed by atoms with E-state index in [1.165, 1.54) is 13.4 Å². The summed E-state index contributed by atoms with van der Waals surface area (Å²) in [4.78, 5) is 12.3. The number of ketones is 1. The van der Waals surface area contributed by atoms with Crippen molar-refractivity contribution < 1.29 is 18.7 Å². The maximum Gasteiger partial charge on any atom is 0.232 e. The Labute approximate surface area is 105 Å². The molecule has 1 aromatic carbocycles. The van der Waals surface area contributed by atoms with E-state index in [4.69, 9.17) is 13.9 Å². The zero-order valence-electron chi connectivity index (χ0n) is 10.5. The Morgan fingerprint density at radius 1 is 1.17 bits per heavy atom. The van der Waals surface area contributed by atoms with Crippen molar-refractivity contribution in [2.24, 2.45) is 0 Å². The maximum absolute atomic E-state index is 12.3. The minimum Gasteiger partial charge on any atom is -0.497 e. The summed E-state index contributed by atoms with van der Waals surface area (Å²) in [7, 11) is 3.08. The second kappa shape index (κ2) is 4.96. The number of hydrogen-bond acceptors (Lipinski definition) is 4. The highest BCUT2D eigenvalue weighted by atomic mass is 16.5. The van der Waals surface area contributed by atoms with E-state index in [9.17, 15) is 4.79 Å². The van der Waals surface area contributed by atoms with Crippen molar-refractivity contribution in [2.75, 3.05) is 14.2 Å². The Morgan fingerprint density at radius 2 is 1.94 bits per heavy atom. The zero-order chi connectivity index (χ0) is 13.1.